The molecule has 1 aliphatic rings. The number of nitrogens with zero attached hydrogens (tertiary/aromatic N) is 1. The number of aliphatic hydroxyl groups is 1. The molecule has 1 heterocycles. The number of ether oxygens (including phenoxy) is 1. The Bertz CT molecular complexity index is 389. The molecule has 18 heavy (non-hydrogen) atoms. The van der Waals surface area contributed by atoms with Crippen LogP contribution in [0.4, 0.5) is 4.39 Å². The summed E-state index contributed by atoms with van der Waals surface area (Å²) in [5.74, 6) is -0.145. The molecule has 0 aromatic heterocycles. The summed E-state index contributed by atoms with van der Waals surface area (Å²) in [6, 6.07) is 4.61. The van der Waals surface area contributed by atoms with Crippen LogP contribution in [0.15, 0.2) is 18.2 Å². The van der Waals surface area contributed by atoms with Crippen molar-refractivity contribution in [3.8, 4) is 5.75 Å². The second kappa shape index (κ2) is 6.16. The summed E-state index contributed by atoms with van der Waals surface area (Å²) in [6.07, 6.45) is 1.84. The summed E-state index contributed by atoms with van der Waals surface area (Å²) in [5, 5.41) is 9.34. The van der Waals surface area contributed by atoms with Gasteiger partial charge in [0.2, 0.25) is 0 Å². The van der Waals surface area contributed by atoms with Crippen LogP contribution < -0.4 is 4.74 Å². The molecule has 0 saturated carbocycles. The minimum absolute atomic E-state index is 0.263. The van der Waals surface area contributed by atoms with Gasteiger partial charge in [-0.2, -0.15) is 0 Å². The molecule has 1 N–H and O–H groups in total. The lowest BCUT2D eigenvalue weighted by atomic mass is 10.1. The molecule has 1 aromatic rings. The summed E-state index contributed by atoms with van der Waals surface area (Å²) in [7, 11) is 0. The van der Waals surface area contributed by atoms with Gasteiger partial charge in [0.1, 0.15) is 6.61 Å². The van der Waals surface area contributed by atoms with Gasteiger partial charge in [-0.25, -0.2) is 4.39 Å². The number of hydrogen-bond donors (Lipinski definition) is 1. The van der Waals surface area contributed by atoms with Crippen LogP contribution in [0.1, 0.15) is 31.4 Å². The van der Waals surface area contributed by atoms with Crippen molar-refractivity contribution < 1.29 is 14.2 Å². The number of rotatable bonds is 5. The Hall–Kier alpha value is -1.13. The third-order valence-electron chi connectivity index (χ3n) is 3.30. The fraction of sp³-hybridized carbons (Fsp3) is 0.571. The summed E-state index contributed by atoms with van der Waals surface area (Å²) in [6.45, 7) is 5.20. The molecular weight excluding hydrogens is 233 g/mol. The molecule has 0 spiro atoms. The van der Waals surface area contributed by atoms with Gasteiger partial charge < -0.3 is 9.84 Å². The van der Waals surface area contributed by atoms with Gasteiger partial charge in [-0.1, -0.05) is 6.07 Å². The first kappa shape index (κ1) is 13.3. The molecule has 0 bridgehead atoms. The van der Waals surface area contributed by atoms with Crippen molar-refractivity contribution in [2.24, 2.45) is 0 Å². The molecule has 1 aliphatic heterocycles. The molecule has 2 rings (SSSR count). The van der Waals surface area contributed by atoms with E-state index in [2.05, 4.69) is 4.90 Å². The Balaban J connectivity index is 1.85. The summed E-state index contributed by atoms with van der Waals surface area (Å²) >= 11 is 0. The first-order valence-electron chi connectivity index (χ1n) is 6.49. The number of halogens is 1. The van der Waals surface area contributed by atoms with Crippen LogP contribution in [-0.2, 0) is 0 Å². The van der Waals surface area contributed by atoms with E-state index in [1.165, 1.54) is 18.9 Å². The Labute approximate surface area is 107 Å². The van der Waals surface area contributed by atoms with Crippen LogP contribution in [0.2, 0.25) is 0 Å². The Kier molecular flexibility index (Phi) is 4.55. The van der Waals surface area contributed by atoms with Crippen molar-refractivity contribution in [1.82, 2.24) is 4.90 Å². The van der Waals surface area contributed by atoms with Crippen LogP contribution in [-0.4, -0.2) is 36.2 Å². The first-order valence-corrected chi connectivity index (χ1v) is 6.49. The van der Waals surface area contributed by atoms with Crippen molar-refractivity contribution in [2.75, 3.05) is 26.2 Å². The second-order valence-corrected chi connectivity index (χ2v) is 4.76. The SMILES string of the molecule is C[C@H](O)c1ccc(OCCN2CCCC2)c(F)c1. The molecule has 1 aromatic carbocycles. The molecule has 1 saturated heterocycles. The maximum atomic E-state index is 13.7. The van der Waals surface area contributed by atoms with Gasteiger partial charge in [0.25, 0.3) is 0 Å². The van der Waals surface area contributed by atoms with E-state index in [9.17, 15) is 9.50 Å². The highest BCUT2D eigenvalue weighted by Crippen LogP contribution is 2.22. The molecule has 1 fully saturated rings. The van der Waals surface area contributed by atoms with E-state index >= 15 is 0 Å². The minimum atomic E-state index is -0.654. The zero-order chi connectivity index (χ0) is 13.0. The monoisotopic (exact) mass is 253 g/mol. The van der Waals surface area contributed by atoms with Crippen molar-refractivity contribution >= 4 is 0 Å². The van der Waals surface area contributed by atoms with Crippen molar-refractivity contribution in [1.29, 1.82) is 0 Å². The smallest absolute Gasteiger partial charge is 0.165 e. The van der Waals surface area contributed by atoms with E-state index < -0.39 is 11.9 Å². The van der Waals surface area contributed by atoms with Gasteiger partial charge in [-0.3, -0.25) is 4.90 Å². The maximum Gasteiger partial charge on any atom is 0.165 e. The van der Waals surface area contributed by atoms with Crippen LogP contribution in [0.5, 0.6) is 5.75 Å². The highest BCUT2D eigenvalue weighted by atomic mass is 19.1. The lowest BCUT2D eigenvalue weighted by Gasteiger charge is -2.15. The zero-order valence-electron chi connectivity index (χ0n) is 10.7. The Morgan fingerprint density at radius 1 is 1.39 bits per heavy atom. The van der Waals surface area contributed by atoms with Gasteiger partial charge in [0.05, 0.1) is 6.10 Å². The van der Waals surface area contributed by atoms with E-state index in [-0.39, 0.29) is 5.75 Å². The average molecular weight is 253 g/mol. The Morgan fingerprint density at radius 3 is 2.72 bits per heavy atom. The van der Waals surface area contributed by atoms with E-state index in [0.717, 1.165) is 19.6 Å². The van der Waals surface area contributed by atoms with E-state index in [1.807, 2.05) is 0 Å². The third kappa shape index (κ3) is 3.43. The third-order valence-corrected chi connectivity index (χ3v) is 3.30. The van der Waals surface area contributed by atoms with Crippen molar-refractivity contribution in [3.05, 3.63) is 29.6 Å². The van der Waals surface area contributed by atoms with Gasteiger partial charge >= 0.3 is 0 Å². The topological polar surface area (TPSA) is 32.7 Å². The van der Waals surface area contributed by atoms with Crippen LogP contribution >= 0.6 is 0 Å². The number of aliphatic hydroxyl groups excluding tert-OH is 1. The van der Waals surface area contributed by atoms with Crippen molar-refractivity contribution in [3.63, 3.8) is 0 Å². The van der Waals surface area contributed by atoms with Crippen molar-refractivity contribution in [2.45, 2.75) is 25.9 Å². The molecule has 0 aliphatic carbocycles. The number of benzene rings is 1. The maximum absolute atomic E-state index is 13.7. The zero-order valence-corrected chi connectivity index (χ0v) is 10.7. The van der Waals surface area contributed by atoms with Gasteiger partial charge in [-0.15, -0.1) is 0 Å². The summed E-state index contributed by atoms with van der Waals surface area (Å²) in [5.41, 5.74) is 0.569. The molecule has 4 heteroatoms. The fourth-order valence-electron chi connectivity index (χ4n) is 2.18. The summed E-state index contributed by atoms with van der Waals surface area (Å²) in [4.78, 5) is 2.32. The lowest BCUT2D eigenvalue weighted by Crippen LogP contribution is -2.25. The molecule has 100 valence electrons. The minimum Gasteiger partial charge on any atom is -0.489 e. The molecular formula is C14H20FNO2. The van der Waals surface area contributed by atoms with E-state index in [1.54, 1.807) is 19.1 Å². The molecule has 1 atom stereocenters. The van der Waals surface area contributed by atoms with Crippen LogP contribution in [0.3, 0.4) is 0 Å². The highest BCUT2D eigenvalue weighted by Gasteiger charge is 2.12. The second-order valence-electron chi connectivity index (χ2n) is 4.76. The number of hydrogen-bond acceptors (Lipinski definition) is 3. The fourth-order valence-corrected chi connectivity index (χ4v) is 2.18. The molecule has 3 nitrogen and oxygen atoms in total. The Morgan fingerprint density at radius 2 is 2.11 bits per heavy atom. The predicted octanol–water partition coefficient (Wildman–Crippen LogP) is 2.35. The molecule has 0 radical (unpaired) electrons. The summed E-state index contributed by atoms with van der Waals surface area (Å²) < 4.78 is 19.1. The van der Waals surface area contributed by atoms with E-state index in [4.69, 9.17) is 4.74 Å². The van der Waals surface area contributed by atoms with Crippen LogP contribution in [0.25, 0.3) is 0 Å². The standard InChI is InChI=1S/C14H20FNO2/c1-11(17)12-4-5-14(13(15)10-12)18-9-8-16-6-2-3-7-16/h4-5,10-11,17H,2-3,6-9H2,1H3/t11-/m0/s1. The van der Waals surface area contributed by atoms with Crippen LogP contribution in [0, 0.1) is 5.82 Å². The quantitative estimate of drug-likeness (QED) is 0.874. The van der Waals surface area contributed by atoms with Gasteiger partial charge in [0, 0.05) is 6.54 Å². The normalized spacial score (nSPS) is 17.9. The first-order chi connectivity index (χ1) is 8.66. The molecule has 0 amide bonds. The average Bonchev–Trinajstić information content (AvgIpc) is 2.84. The number of likely N-dealkylation sites (tertiary alicyclic amines) is 1. The largest absolute Gasteiger partial charge is 0.489 e. The van der Waals surface area contributed by atoms with Gasteiger partial charge in [-0.05, 0) is 50.6 Å². The highest BCUT2D eigenvalue weighted by molar-refractivity contribution is 5.30. The lowest BCUT2D eigenvalue weighted by molar-refractivity contribution is 0.198. The molecule has 0 unspecified atom stereocenters. The van der Waals surface area contributed by atoms with Gasteiger partial charge in [0.15, 0.2) is 11.6 Å². The van der Waals surface area contributed by atoms with E-state index in [0.29, 0.717) is 12.2 Å². The predicted molar refractivity (Wildman–Crippen MR) is 68.2 cm³/mol.